The zero-order chi connectivity index (χ0) is 17.6. The summed E-state index contributed by atoms with van der Waals surface area (Å²) in [4.78, 5) is 4.47. The molecule has 0 amide bonds. The molecule has 0 unspecified atom stereocenters. The van der Waals surface area contributed by atoms with Crippen LogP contribution in [-0.4, -0.2) is 23.0 Å². The van der Waals surface area contributed by atoms with Crippen molar-refractivity contribution in [3.8, 4) is 17.2 Å². The number of oxime groups is 1. The van der Waals surface area contributed by atoms with E-state index in [-0.39, 0.29) is 5.82 Å². The van der Waals surface area contributed by atoms with Crippen LogP contribution in [0.4, 0.5) is 4.39 Å². The van der Waals surface area contributed by atoms with E-state index in [0.29, 0.717) is 18.9 Å². The standard InChI is InChI=1S/C19H17FN2O3/c1-13-18(22-19(25-13)15-4-6-16(20)7-5-15)10-11-24-17-8-2-14(3-9-17)12-21-23/h2-9,12,23H,10-11H2,1H3/b21-12+. The largest absolute Gasteiger partial charge is 0.493 e. The van der Waals surface area contributed by atoms with E-state index in [1.165, 1.54) is 18.3 Å². The quantitative estimate of drug-likeness (QED) is 0.414. The SMILES string of the molecule is Cc1oc(-c2ccc(F)cc2)nc1CCOc1ccc(/C=N/O)cc1. The molecule has 1 heterocycles. The summed E-state index contributed by atoms with van der Waals surface area (Å²) < 4.78 is 24.3. The van der Waals surface area contributed by atoms with Gasteiger partial charge in [0.2, 0.25) is 5.89 Å². The molecule has 0 atom stereocenters. The van der Waals surface area contributed by atoms with Gasteiger partial charge in [0.05, 0.1) is 18.5 Å². The van der Waals surface area contributed by atoms with Crippen LogP contribution < -0.4 is 4.74 Å². The second-order valence-electron chi connectivity index (χ2n) is 5.44. The summed E-state index contributed by atoms with van der Waals surface area (Å²) in [7, 11) is 0. The van der Waals surface area contributed by atoms with Crippen molar-refractivity contribution < 1.29 is 18.8 Å². The molecule has 3 aromatic rings. The molecule has 0 fully saturated rings. The van der Waals surface area contributed by atoms with E-state index in [2.05, 4.69) is 10.1 Å². The Morgan fingerprint density at radius 3 is 2.56 bits per heavy atom. The Labute approximate surface area is 144 Å². The molecule has 6 heteroatoms. The molecule has 128 valence electrons. The van der Waals surface area contributed by atoms with Gasteiger partial charge in [0, 0.05) is 12.0 Å². The Hall–Kier alpha value is -3.15. The third-order valence-corrected chi connectivity index (χ3v) is 3.68. The molecular weight excluding hydrogens is 323 g/mol. The Balaban J connectivity index is 1.60. The lowest BCUT2D eigenvalue weighted by molar-refractivity contribution is 0.319. The van der Waals surface area contributed by atoms with Gasteiger partial charge in [-0.05, 0) is 61.0 Å². The van der Waals surface area contributed by atoms with Crippen LogP contribution in [0, 0.1) is 12.7 Å². The summed E-state index contributed by atoms with van der Waals surface area (Å²) in [5, 5.41) is 11.5. The second-order valence-corrected chi connectivity index (χ2v) is 5.44. The van der Waals surface area contributed by atoms with Crippen LogP contribution in [-0.2, 0) is 6.42 Å². The molecule has 0 spiro atoms. The number of ether oxygens (including phenoxy) is 1. The summed E-state index contributed by atoms with van der Waals surface area (Å²) in [6.45, 7) is 2.29. The van der Waals surface area contributed by atoms with Gasteiger partial charge in [-0.25, -0.2) is 9.37 Å². The number of rotatable bonds is 6. The minimum absolute atomic E-state index is 0.295. The van der Waals surface area contributed by atoms with Gasteiger partial charge in [-0.2, -0.15) is 0 Å². The highest BCUT2D eigenvalue weighted by atomic mass is 19.1. The molecular formula is C19H17FN2O3. The summed E-state index contributed by atoms with van der Waals surface area (Å²) in [6, 6.07) is 13.2. The number of aryl methyl sites for hydroxylation is 1. The van der Waals surface area contributed by atoms with Gasteiger partial charge < -0.3 is 14.4 Å². The lowest BCUT2D eigenvalue weighted by Crippen LogP contribution is -2.02. The van der Waals surface area contributed by atoms with Crippen LogP contribution in [0.25, 0.3) is 11.5 Å². The number of aromatic nitrogens is 1. The summed E-state index contributed by atoms with van der Waals surface area (Å²) >= 11 is 0. The fourth-order valence-electron chi connectivity index (χ4n) is 2.36. The number of nitrogens with zero attached hydrogens (tertiary/aromatic N) is 2. The molecule has 1 aromatic heterocycles. The second kappa shape index (κ2) is 7.61. The monoisotopic (exact) mass is 340 g/mol. The Morgan fingerprint density at radius 1 is 1.16 bits per heavy atom. The smallest absolute Gasteiger partial charge is 0.226 e. The first-order valence-electron chi connectivity index (χ1n) is 7.78. The van der Waals surface area contributed by atoms with Gasteiger partial charge >= 0.3 is 0 Å². The lowest BCUT2D eigenvalue weighted by Gasteiger charge is -2.05. The Bertz CT molecular complexity index is 855. The van der Waals surface area contributed by atoms with E-state index in [1.54, 1.807) is 36.4 Å². The highest BCUT2D eigenvalue weighted by Gasteiger charge is 2.11. The maximum Gasteiger partial charge on any atom is 0.226 e. The van der Waals surface area contributed by atoms with Crippen molar-refractivity contribution in [2.45, 2.75) is 13.3 Å². The maximum atomic E-state index is 13.0. The van der Waals surface area contributed by atoms with E-state index in [9.17, 15) is 4.39 Å². The van der Waals surface area contributed by atoms with Crippen molar-refractivity contribution in [1.82, 2.24) is 4.98 Å². The predicted octanol–water partition coefficient (Wildman–Crippen LogP) is 4.22. The summed E-state index contributed by atoms with van der Waals surface area (Å²) in [5.41, 5.74) is 2.33. The van der Waals surface area contributed by atoms with Gasteiger partial charge in [-0.1, -0.05) is 5.16 Å². The Morgan fingerprint density at radius 2 is 1.88 bits per heavy atom. The number of oxazole rings is 1. The average Bonchev–Trinajstić information content (AvgIpc) is 2.98. The van der Waals surface area contributed by atoms with E-state index in [4.69, 9.17) is 14.4 Å². The van der Waals surface area contributed by atoms with Gasteiger partial charge in [-0.3, -0.25) is 0 Å². The molecule has 3 rings (SSSR count). The van der Waals surface area contributed by atoms with Crippen LogP contribution in [0.1, 0.15) is 17.0 Å². The van der Waals surface area contributed by atoms with Gasteiger partial charge in [-0.15, -0.1) is 0 Å². The molecule has 5 nitrogen and oxygen atoms in total. The fourth-order valence-corrected chi connectivity index (χ4v) is 2.36. The first-order chi connectivity index (χ1) is 12.2. The van der Waals surface area contributed by atoms with E-state index in [0.717, 1.165) is 28.3 Å². The van der Waals surface area contributed by atoms with Gasteiger partial charge in [0.15, 0.2) is 0 Å². The summed E-state index contributed by atoms with van der Waals surface area (Å²) in [5.74, 6) is 1.62. The molecule has 25 heavy (non-hydrogen) atoms. The number of hydrogen-bond acceptors (Lipinski definition) is 5. The predicted molar refractivity (Wildman–Crippen MR) is 91.7 cm³/mol. The van der Waals surface area contributed by atoms with Crippen molar-refractivity contribution in [1.29, 1.82) is 0 Å². The molecule has 0 aliphatic heterocycles. The van der Waals surface area contributed by atoms with Gasteiger partial charge in [0.25, 0.3) is 0 Å². The minimum Gasteiger partial charge on any atom is -0.493 e. The average molecular weight is 340 g/mol. The van der Waals surface area contributed by atoms with E-state index < -0.39 is 0 Å². The van der Waals surface area contributed by atoms with Crippen molar-refractivity contribution in [2.24, 2.45) is 5.16 Å². The van der Waals surface area contributed by atoms with Gasteiger partial charge in [0.1, 0.15) is 17.3 Å². The number of halogens is 1. The van der Waals surface area contributed by atoms with E-state index >= 15 is 0 Å². The van der Waals surface area contributed by atoms with Crippen molar-refractivity contribution >= 4 is 6.21 Å². The van der Waals surface area contributed by atoms with Crippen LogP contribution >= 0.6 is 0 Å². The third kappa shape index (κ3) is 4.23. The highest BCUT2D eigenvalue weighted by molar-refractivity contribution is 5.79. The van der Waals surface area contributed by atoms with E-state index in [1.807, 2.05) is 6.92 Å². The molecule has 0 aliphatic rings. The zero-order valence-corrected chi connectivity index (χ0v) is 13.6. The summed E-state index contributed by atoms with van der Waals surface area (Å²) in [6.07, 6.45) is 1.94. The lowest BCUT2D eigenvalue weighted by atomic mass is 10.2. The molecule has 0 aliphatic carbocycles. The van der Waals surface area contributed by atoms with Crippen LogP contribution in [0.5, 0.6) is 5.75 Å². The molecule has 1 N–H and O–H groups in total. The Kier molecular flexibility index (Phi) is 5.09. The minimum atomic E-state index is -0.295. The topological polar surface area (TPSA) is 67.9 Å². The molecule has 0 saturated heterocycles. The highest BCUT2D eigenvalue weighted by Crippen LogP contribution is 2.22. The molecule has 2 aromatic carbocycles. The third-order valence-electron chi connectivity index (χ3n) is 3.68. The van der Waals surface area contributed by atoms with Crippen molar-refractivity contribution in [2.75, 3.05) is 6.61 Å². The number of hydrogen-bond donors (Lipinski definition) is 1. The molecule has 0 saturated carbocycles. The molecule has 0 bridgehead atoms. The first kappa shape index (κ1) is 16.7. The first-order valence-corrected chi connectivity index (χ1v) is 7.78. The maximum absolute atomic E-state index is 13.0. The van der Waals surface area contributed by atoms with Crippen LogP contribution in [0.2, 0.25) is 0 Å². The normalized spacial score (nSPS) is 11.1. The van der Waals surface area contributed by atoms with Crippen molar-refractivity contribution in [3.05, 3.63) is 71.4 Å². The van der Waals surface area contributed by atoms with Crippen LogP contribution in [0.15, 0.2) is 58.1 Å². The zero-order valence-electron chi connectivity index (χ0n) is 13.6. The molecule has 0 radical (unpaired) electrons. The number of benzene rings is 2. The van der Waals surface area contributed by atoms with Crippen LogP contribution in [0.3, 0.4) is 0 Å². The fraction of sp³-hybridized carbons (Fsp3) is 0.158. The van der Waals surface area contributed by atoms with Crippen molar-refractivity contribution in [3.63, 3.8) is 0 Å².